The molecular weight excluding hydrogens is 365 g/mol. The van der Waals surface area contributed by atoms with Crippen LogP contribution in [0.3, 0.4) is 0 Å². The van der Waals surface area contributed by atoms with Crippen LogP contribution in [0.15, 0.2) is 35.1 Å². The Kier molecular flexibility index (Phi) is 4.65. The molecule has 1 amide bonds. The summed E-state index contributed by atoms with van der Waals surface area (Å²) in [6.07, 6.45) is -3.40. The van der Waals surface area contributed by atoms with Crippen molar-refractivity contribution in [2.75, 3.05) is 10.6 Å². The molecule has 0 atom stereocenters. The molecule has 0 saturated carbocycles. The molecule has 2 heterocycles. The highest BCUT2D eigenvalue weighted by molar-refractivity contribution is 9.10. The Labute approximate surface area is 132 Å². The lowest BCUT2D eigenvalue weighted by Crippen LogP contribution is -2.08. The van der Waals surface area contributed by atoms with Crippen LogP contribution in [0.25, 0.3) is 0 Å². The van der Waals surface area contributed by atoms with Crippen LogP contribution in [0.2, 0.25) is 0 Å². The van der Waals surface area contributed by atoms with Crippen LogP contribution in [0.5, 0.6) is 0 Å². The van der Waals surface area contributed by atoms with Gasteiger partial charge in [-0.3, -0.25) is 4.79 Å². The molecule has 0 fully saturated rings. The Balaban J connectivity index is 2.27. The van der Waals surface area contributed by atoms with E-state index < -0.39 is 11.7 Å². The van der Waals surface area contributed by atoms with E-state index in [2.05, 4.69) is 36.5 Å². The summed E-state index contributed by atoms with van der Waals surface area (Å²) in [5.41, 5.74) is -0.370. The van der Waals surface area contributed by atoms with E-state index in [0.717, 1.165) is 18.3 Å². The second kappa shape index (κ2) is 6.30. The number of aromatic nitrogens is 2. The molecule has 0 radical (unpaired) electrons. The van der Waals surface area contributed by atoms with E-state index in [1.165, 1.54) is 13.0 Å². The largest absolute Gasteiger partial charge is 0.416 e. The van der Waals surface area contributed by atoms with Crippen molar-refractivity contribution >= 4 is 39.2 Å². The van der Waals surface area contributed by atoms with Gasteiger partial charge in [0.25, 0.3) is 0 Å². The van der Waals surface area contributed by atoms with Crippen LogP contribution in [0.4, 0.5) is 30.5 Å². The van der Waals surface area contributed by atoms with Crippen LogP contribution in [-0.2, 0) is 11.0 Å². The second-order valence-corrected chi connectivity index (χ2v) is 5.11. The molecule has 0 bridgehead atoms. The van der Waals surface area contributed by atoms with E-state index in [9.17, 15) is 18.0 Å². The van der Waals surface area contributed by atoms with Gasteiger partial charge in [-0.15, -0.1) is 0 Å². The first-order chi connectivity index (χ1) is 10.2. The third kappa shape index (κ3) is 4.42. The predicted octanol–water partition coefficient (Wildman–Crippen LogP) is 3.96. The van der Waals surface area contributed by atoms with Crippen molar-refractivity contribution in [3.63, 3.8) is 0 Å². The Morgan fingerprint density at radius 2 is 1.95 bits per heavy atom. The Morgan fingerprint density at radius 3 is 2.59 bits per heavy atom. The zero-order valence-corrected chi connectivity index (χ0v) is 12.8. The van der Waals surface area contributed by atoms with Crippen LogP contribution < -0.4 is 10.6 Å². The quantitative estimate of drug-likeness (QED) is 0.798. The normalized spacial score (nSPS) is 11.1. The molecule has 2 aromatic rings. The molecule has 0 saturated heterocycles. The maximum Gasteiger partial charge on any atom is 0.416 e. The number of amides is 1. The standard InChI is InChI=1S/C13H10BrF3N4O/c1-7(22)19-9-5-10(14)20-12(6-9)21-11-4-8(2-3-18-11)13(15,16)17/h2-6H,1H3,(H2,18,19,20,21,22). The molecule has 2 rings (SSSR count). The van der Waals surface area contributed by atoms with Crippen LogP contribution in [0.1, 0.15) is 12.5 Å². The minimum Gasteiger partial charge on any atom is -0.326 e. The van der Waals surface area contributed by atoms with Crippen molar-refractivity contribution in [1.82, 2.24) is 9.97 Å². The molecule has 9 heteroatoms. The topological polar surface area (TPSA) is 66.9 Å². The molecule has 0 unspecified atom stereocenters. The van der Waals surface area contributed by atoms with E-state index in [1.807, 2.05) is 0 Å². The summed E-state index contributed by atoms with van der Waals surface area (Å²) in [6, 6.07) is 4.79. The van der Waals surface area contributed by atoms with Gasteiger partial charge in [0.15, 0.2) is 0 Å². The van der Waals surface area contributed by atoms with Crippen LogP contribution >= 0.6 is 15.9 Å². The highest BCUT2D eigenvalue weighted by Crippen LogP contribution is 2.30. The summed E-state index contributed by atoms with van der Waals surface area (Å²) in [5.74, 6) is -0.0413. The summed E-state index contributed by atoms with van der Waals surface area (Å²) in [4.78, 5) is 18.9. The van der Waals surface area contributed by atoms with Gasteiger partial charge in [0.1, 0.15) is 16.2 Å². The van der Waals surface area contributed by atoms with Crippen molar-refractivity contribution in [3.05, 3.63) is 40.6 Å². The molecule has 2 aromatic heterocycles. The van der Waals surface area contributed by atoms with Crippen molar-refractivity contribution in [2.45, 2.75) is 13.1 Å². The van der Waals surface area contributed by atoms with Crippen molar-refractivity contribution in [1.29, 1.82) is 0 Å². The van der Waals surface area contributed by atoms with Gasteiger partial charge >= 0.3 is 6.18 Å². The maximum atomic E-state index is 12.7. The van der Waals surface area contributed by atoms with Crippen LogP contribution in [0, 0.1) is 0 Å². The Bertz CT molecular complexity index is 706. The molecule has 0 aliphatic carbocycles. The third-order valence-electron chi connectivity index (χ3n) is 2.46. The zero-order chi connectivity index (χ0) is 16.3. The van der Waals surface area contributed by atoms with E-state index in [4.69, 9.17) is 0 Å². The fraction of sp³-hybridized carbons (Fsp3) is 0.154. The maximum absolute atomic E-state index is 12.7. The Morgan fingerprint density at radius 1 is 1.23 bits per heavy atom. The number of carbonyl (C=O) groups is 1. The number of anilines is 3. The van der Waals surface area contributed by atoms with Crippen LogP contribution in [-0.4, -0.2) is 15.9 Å². The summed E-state index contributed by atoms with van der Waals surface area (Å²) >= 11 is 3.16. The number of alkyl halides is 3. The first-order valence-electron chi connectivity index (χ1n) is 5.99. The van der Waals surface area contributed by atoms with Gasteiger partial charge in [0.2, 0.25) is 5.91 Å². The first kappa shape index (κ1) is 16.2. The monoisotopic (exact) mass is 374 g/mol. The minimum absolute atomic E-state index is 0.00537. The smallest absolute Gasteiger partial charge is 0.326 e. The molecule has 22 heavy (non-hydrogen) atoms. The van der Waals surface area contributed by atoms with Gasteiger partial charge in [-0.2, -0.15) is 13.2 Å². The molecule has 0 aliphatic rings. The van der Waals surface area contributed by atoms with Crippen molar-refractivity contribution < 1.29 is 18.0 Å². The van der Waals surface area contributed by atoms with Gasteiger partial charge in [0, 0.05) is 24.9 Å². The van der Waals surface area contributed by atoms with Crippen molar-refractivity contribution in [2.24, 2.45) is 0 Å². The molecule has 5 nitrogen and oxygen atoms in total. The van der Waals surface area contributed by atoms with E-state index in [0.29, 0.717) is 10.3 Å². The average Bonchev–Trinajstić information content (AvgIpc) is 2.36. The van der Waals surface area contributed by atoms with E-state index in [1.54, 1.807) is 6.07 Å². The fourth-order valence-corrected chi connectivity index (χ4v) is 2.08. The predicted molar refractivity (Wildman–Crippen MR) is 78.8 cm³/mol. The lowest BCUT2D eigenvalue weighted by Gasteiger charge is -2.10. The fourth-order valence-electron chi connectivity index (χ4n) is 1.64. The lowest BCUT2D eigenvalue weighted by atomic mass is 10.2. The number of carbonyl (C=O) groups excluding carboxylic acids is 1. The summed E-state index contributed by atoms with van der Waals surface area (Å²) in [6.45, 7) is 1.34. The number of pyridine rings is 2. The number of hydrogen-bond donors (Lipinski definition) is 2. The molecule has 0 spiro atoms. The van der Waals surface area contributed by atoms with Gasteiger partial charge < -0.3 is 10.6 Å². The molecule has 0 aromatic carbocycles. The lowest BCUT2D eigenvalue weighted by molar-refractivity contribution is -0.137. The molecule has 116 valence electrons. The third-order valence-corrected chi connectivity index (χ3v) is 2.86. The highest BCUT2D eigenvalue weighted by Gasteiger charge is 2.30. The van der Waals surface area contributed by atoms with E-state index >= 15 is 0 Å². The highest BCUT2D eigenvalue weighted by atomic mass is 79.9. The number of halogens is 4. The van der Waals surface area contributed by atoms with Gasteiger partial charge in [-0.05, 0) is 34.1 Å². The molecular formula is C13H10BrF3N4O. The summed E-state index contributed by atoms with van der Waals surface area (Å²) < 4.78 is 38.4. The van der Waals surface area contributed by atoms with Gasteiger partial charge in [-0.1, -0.05) is 0 Å². The number of hydrogen-bond acceptors (Lipinski definition) is 4. The van der Waals surface area contributed by atoms with Gasteiger partial charge in [0.05, 0.1) is 5.56 Å². The average molecular weight is 375 g/mol. The molecule has 2 N–H and O–H groups in total. The SMILES string of the molecule is CC(=O)Nc1cc(Br)nc(Nc2cc(C(F)(F)F)ccn2)c1. The Hall–Kier alpha value is -2.16. The van der Waals surface area contributed by atoms with Crippen molar-refractivity contribution in [3.8, 4) is 0 Å². The summed E-state index contributed by atoms with van der Waals surface area (Å²) in [5, 5.41) is 5.23. The van der Waals surface area contributed by atoms with E-state index in [-0.39, 0.29) is 17.5 Å². The summed E-state index contributed by atoms with van der Waals surface area (Å²) in [7, 11) is 0. The zero-order valence-electron chi connectivity index (χ0n) is 11.2. The second-order valence-electron chi connectivity index (χ2n) is 4.30. The number of nitrogens with one attached hydrogen (secondary N) is 2. The molecule has 0 aliphatic heterocycles. The number of rotatable bonds is 3. The minimum atomic E-state index is -4.45. The first-order valence-corrected chi connectivity index (χ1v) is 6.79. The van der Waals surface area contributed by atoms with Gasteiger partial charge in [-0.25, -0.2) is 9.97 Å². The number of nitrogens with zero attached hydrogens (tertiary/aromatic N) is 2.